The van der Waals surface area contributed by atoms with Gasteiger partial charge in [-0.05, 0) is 38.8 Å². The van der Waals surface area contributed by atoms with Crippen molar-refractivity contribution in [2.24, 2.45) is 0 Å². The molecule has 0 bridgehead atoms. The van der Waals surface area contributed by atoms with Crippen molar-refractivity contribution < 1.29 is 9.31 Å². The molecular weight excluding hydrogens is 313 g/mol. The zero-order valence-corrected chi connectivity index (χ0v) is 13.7. The molecule has 7 nitrogen and oxygen atoms in total. The molecule has 0 unspecified atom stereocenters. The van der Waals surface area contributed by atoms with E-state index in [2.05, 4.69) is 28.6 Å². The van der Waals surface area contributed by atoms with Crippen LogP contribution in [0, 0.1) is 15.9 Å². The van der Waals surface area contributed by atoms with Gasteiger partial charge >= 0.3 is 0 Å². The lowest BCUT2D eigenvalue weighted by molar-refractivity contribution is -0.384. The summed E-state index contributed by atoms with van der Waals surface area (Å²) in [5.41, 5.74) is 0.295. The molecule has 0 spiro atoms. The Hall–Kier alpha value is -2.51. The molecule has 1 aromatic carbocycles. The number of piperidine rings is 1. The van der Waals surface area contributed by atoms with E-state index in [9.17, 15) is 14.5 Å². The second-order valence-electron chi connectivity index (χ2n) is 6.34. The normalized spacial score (nSPS) is 15.9. The molecule has 1 aromatic heterocycles. The van der Waals surface area contributed by atoms with Crippen molar-refractivity contribution in [1.29, 1.82) is 0 Å². The molecule has 0 amide bonds. The minimum Gasteiger partial charge on any atom is -0.366 e. The van der Waals surface area contributed by atoms with Crippen molar-refractivity contribution in [3.05, 3.63) is 46.3 Å². The van der Waals surface area contributed by atoms with Crippen molar-refractivity contribution in [2.75, 3.05) is 18.0 Å². The largest absolute Gasteiger partial charge is 0.366 e. The van der Waals surface area contributed by atoms with Crippen molar-refractivity contribution in [1.82, 2.24) is 14.8 Å². The summed E-state index contributed by atoms with van der Waals surface area (Å²) in [6.07, 6.45) is 3.41. The van der Waals surface area contributed by atoms with Crippen LogP contribution >= 0.6 is 0 Å². The number of halogens is 1. The van der Waals surface area contributed by atoms with E-state index in [0.717, 1.165) is 24.7 Å². The van der Waals surface area contributed by atoms with Gasteiger partial charge in [-0.1, -0.05) is 0 Å². The number of aromatic nitrogens is 3. The Bertz CT molecular complexity index is 738. The van der Waals surface area contributed by atoms with Gasteiger partial charge in [-0.3, -0.25) is 10.1 Å². The second-order valence-corrected chi connectivity index (χ2v) is 6.34. The van der Waals surface area contributed by atoms with E-state index in [1.165, 1.54) is 12.1 Å². The van der Waals surface area contributed by atoms with E-state index in [4.69, 9.17) is 0 Å². The molecule has 1 fully saturated rings. The van der Waals surface area contributed by atoms with Gasteiger partial charge in [0.05, 0.1) is 11.0 Å². The number of nitro benzene ring substituents is 1. The van der Waals surface area contributed by atoms with Crippen molar-refractivity contribution in [2.45, 2.75) is 38.6 Å². The molecule has 2 heterocycles. The van der Waals surface area contributed by atoms with Crippen molar-refractivity contribution in [3.8, 4) is 0 Å². The Labute approximate surface area is 139 Å². The molecule has 1 aliphatic heterocycles. The highest BCUT2D eigenvalue weighted by atomic mass is 19.1. The third-order valence-corrected chi connectivity index (χ3v) is 4.49. The molecule has 3 rings (SSSR count). The fourth-order valence-electron chi connectivity index (χ4n) is 3.23. The lowest BCUT2D eigenvalue weighted by Gasteiger charge is -2.33. The predicted octanol–water partition coefficient (Wildman–Crippen LogP) is 3.29. The number of hydrogen-bond acceptors (Lipinski definition) is 5. The minimum atomic E-state index is -0.592. The van der Waals surface area contributed by atoms with Gasteiger partial charge in [-0.25, -0.2) is 4.39 Å². The summed E-state index contributed by atoms with van der Waals surface area (Å²) in [6, 6.07) is 4.04. The van der Waals surface area contributed by atoms with E-state index in [1.807, 2.05) is 4.90 Å². The van der Waals surface area contributed by atoms with E-state index in [0.29, 0.717) is 24.8 Å². The highest BCUT2D eigenvalue weighted by Crippen LogP contribution is 2.34. The van der Waals surface area contributed by atoms with Crippen LogP contribution in [0.5, 0.6) is 0 Å². The average Bonchev–Trinajstić information content (AvgIpc) is 3.05. The van der Waals surface area contributed by atoms with Crippen LogP contribution < -0.4 is 4.90 Å². The van der Waals surface area contributed by atoms with Crippen LogP contribution in [0.4, 0.5) is 15.8 Å². The third-order valence-electron chi connectivity index (χ3n) is 4.49. The molecule has 2 aromatic rings. The van der Waals surface area contributed by atoms with Gasteiger partial charge < -0.3 is 9.47 Å². The Kier molecular flexibility index (Phi) is 4.46. The van der Waals surface area contributed by atoms with Gasteiger partial charge in [0.2, 0.25) is 0 Å². The molecule has 8 heteroatoms. The molecule has 0 N–H and O–H groups in total. The van der Waals surface area contributed by atoms with Gasteiger partial charge in [-0.15, -0.1) is 10.2 Å². The predicted molar refractivity (Wildman–Crippen MR) is 87.6 cm³/mol. The second kappa shape index (κ2) is 6.54. The highest BCUT2D eigenvalue weighted by Gasteiger charge is 2.28. The van der Waals surface area contributed by atoms with Crippen LogP contribution in [0.15, 0.2) is 24.5 Å². The van der Waals surface area contributed by atoms with Crippen LogP contribution in [-0.4, -0.2) is 32.8 Å². The Morgan fingerprint density at radius 2 is 2.04 bits per heavy atom. The van der Waals surface area contributed by atoms with Crippen molar-refractivity contribution >= 4 is 11.4 Å². The standard InChI is InChI=1S/C16H20FN5O2/c1-11(2)21-10-18-19-16(21)12-5-7-20(8-6-12)14-4-3-13(17)9-15(14)22(23)24/h3-4,9-12H,5-8H2,1-2H3. The van der Waals surface area contributed by atoms with Gasteiger partial charge in [0.25, 0.3) is 5.69 Å². The molecular formula is C16H20FN5O2. The first kappa shape index (κ1) is 16.4. The molecule has 24 heavy (non-hydrogen) atoms. The Morgan fingerprint density at radius 1 is 1.33 bits per heavy atom. The van der Waals surface area contributed by atoms with E-state index in [1.54, 1.807) is 6.33 Å². The van der Waals surface area contributed by atoms with Gasteiger partial charge in [0.15, 0.2) is 0 Å². The minimum absolute atomic E-state index is 0.182. The van der Waals surface area contributed by atoms with Crippen LogP contribution in [0.25, 0.3) is 0 Å². The molecule has 128 valence electrons. The van der Waals surface area contributed by atoms with E-state index < -0.39 is 10.7 Å². The number of nitrogens with zero attached hydrogens (tertiary/aromatic N) is 5. The summed E-state index contributed by atoms with van der Waals surface area (Å²) in [6.45, 7) is 5.51. The maximum Gasteiger partial charge on any atom is 0.295 e. The number of anilines is 1. The van der Waals surface area contributed by atoms with Crippen LogP contribution in [0.3, 0.4) is 0 Å². The zero-order chi connectivity index (χ0) is 17.3. The number of hydrogen-bond donors (Lipinski definition) is 0. The fourth-order valence-corrected chi connectivity index (χ4v) is 3.23. The highest BCUT2D eigenvalue weighted by molar-refractivity contribution is 5.63. The molecule has 1 aliphatic rings. The summed E-state index contributed by atoms with van der Waals surface area (Å²) >= 11 is 0. The molecule has 0 radical (unpaired) electrons. The first-order chi connectivity index (χ1) is 11.5. The Balaban J connectivity index is 1.76. The third kappa shape index (κ3) is 3.08. The zero-order valence-electron chi connectivity index (χ0n) is 13.7. The quantitative estimate of drug-likeness (QED) is 0.634. The molecule has 0 atom stereocenters. The number of rotatable bonds is 4. The van der Waals surface area contributed by atoms with Crippen molar-refractivity contribution in [3.63, 3.8) is 0 Å². The van der Waals surface area contributed by atoms with E-state index in [-0.39, 0.29) is 11.6 Å². The summed E-state index contributed by atoms with van der Waals surface area (Å²) in [5.74, 6) is 0.661. The van der Waals surface area contributed by atoms with Gasteiger partial charge in [0.1, 0.15) is 23.7 Å². The molecule has 1 saturated heterocycles. The average molecular weight is 333 g/mol. The summed E-state index contributed by atoms with van der Waals surface area (Å²) in [7, 11) is 0. The maximum atomic E-state index is 13.3. The SMILES string of the molecule is CC(C)n1cnnc1C1CCN(c2ccc(F)cc2[N+](=O)[O-])CC1. The number of benzene rings is 1. The first-order valence-corrected chi connectivity index (χ1v) is 8.05. The topological polar surface area (TPSA) is 77.1 Å². The molecule has 0 saturated carbocycles. The number of nitro groups is 1. The van der Waals surface area contributed by atoms with E-state index >= 15 is 0 Å². The Morgan fingerprint density at radius 3 is 2.67 bits per heavy atom. The van der Waals surface area contributed by atoms with Crippen LogP contribution in [0.2, 0.25) is 0 Å². The van der Waals surface area contributed by atoms with Gasteiger partial charge in [-0.2, -0.15) is 0 Å². The van der Waals surface area contributed by atoms with Crippen LogP contribution in [-0.2, 0) is 0 Å². The monoisotopic (exact) mass is 333 g/mol. The van der Waals surface area contributed by atoms with Gasteiger partial charge in [0, 0.05) is 25.0 Å². The lowest BCUT2D eigenvalue weighted by Crippen LogP contribution is -2.34. The maximum absolute atomic E-state index is 13.3. The summed E-state index contributed by atoms with van der Waals surface area (Å²) in [4.78, 5) is 12.6. The summed E-state index contributed by atoms with van der Waals surface area (Å²) in [5, 5.41) is 19.4. The smallest absolute Gasteiger partial charge is 0.295 e. The lowest BCUT2D eigenvalue weighted by atomic mass is 9.95. The summed E-state index contributed by atoms with van der Waals surface area (Å²) < 4.78 is 15.4. The fraction of sp³-hybridized carbons (Fsp3) is 0.500. The first-order valence-electron chi connectivity index (χ1n) is 8.05. The van der Waals surface area contributed by atoms with Crippen LogP contribution in [0.1, 0.15) is 44.5 Å². The molecule has 0 aliphatic carbocycles.